The summed E-state index contributed by atoms with van der Waals surface area (Å²) in [5, 5.41) is 9.07. The molecule has 0 aliphatic carbocycles. The molecule has 3 nitrogen and oxygen atoms in total. The first-order valence-electron chi connectivity index (χ1n) is 5.82. The predicted molar refractivity (Wildman–Crippen MR) is 66.9 cm³/mol. The first kappa shape index (κ1) is 14.5. The van der Waals surface area contributed by atoms with Crippen LogP contribution >= 0.6 is 0 Å². The van der Waals surface area contributed by atoms with Crippen LogP contribution in [0.5, 0.6) is 5.75 Å². The van der Waals surface area contributed by atoms with E-state index < -0.39 is 5.82 Å². The van der Waals surface area contributed by atoms with Crippen LogP contribution in [0.15, 0.2) is 12.1 Å². The van der Waals surface area contributed by atoms with Crippen LogP contribution in [0.2, 0.25) is 0 Å². The van der Waals surface area contributed by atoms with E-state index in [9.17, 15) is 4.39 Å². The summed E-state index contributed by atoms with van der Waals surface area (Å²) in [5.41, 5.74) is 0.624. The Morgan fingerprint density at radius 2 is 2.06 bits per heavy atom. The molecule has 0 radical (unpaired) electrons. The minimum atomic E-state index is -0.423. The van der Waals surface area contributed by atoms with E-state index in [2.05, 4.69) is 0 Å². The highest BCUT2D eigenvalue weighted by atomic mass is 19.1. The second kappa shape index (κ2) is 5.83. The summed E-state index contributed by atoms with van der Waals surface area (Å²) < 4.78 is 23.8. The Morgan fingerprint density at radius 1 is 1.39 bits per heavy atom. The molecule has 0 unspecified atom stereocenters. The third-order valence-electron chi connectivity index (χ3n) is 3.11. The molecule has 0 fully saturated rings. The number of methoxy groups -OCH3 is 1. The number of hydrogen-bond acceptors (Lipinski definition) is 3. The van der Waals surface area contributed by atoms with Crippen LogP contribution in [0.3, 0.4) is 0 Å². The Morgan fingerprint density at radius 3 is 2.56 bits per heavy atom. The van der Waals surface area contributed by atoms with Gasteiger partial charge in [0.2, 0.25) is 0 Å². The van der Waals surface area contributed by atoms with E-state index in [4.69, 9.17) is 14.7 Å². The number of ether oxygens (including phenoxy) is 2. The van der Waals surface area contributed by atoms with E-state index in [-0.39, 0.29) is 17.8 Å². The topological polar surface area (TPSA) is 42.2 Å². The van der Waals surface area contributed by atoms with Gasteiger partial charge in [0.05, 0.1) is 5.56 Å². The van der Waals surface area contributed by atoms with Crippen LogP contribution in [-0.2, 0) is 10.2 Å². The lowest BCUT2D eigenvalue weighted by molar-refractivity contribution is 0.0493. The third kappa shape index (κ3) is 2.99. The molecule has 0 aromatic heterocycles. The van der Waals surface area contributed by atoms with Crippen molar-refractivity contribution in [2.75, 3.05) is 13.9 Å². The fourth-order valence-electron chi connectivity index (χ4n) is 1.64. The summed E-state index contributed by atoms with van der Waals surface area (Å²) in [6.07, 6.45) is 0.810. The minimum absolute atomic E-state index is 0.0348. The highest BCUT2D eigenvalue weighted by Crippen LogP contribution is 2.37. The van der Waals surface area contributed by atoms with Crippen molar-refractivity contribution < 1.29 is 13.9 Å². The molecule has 0 saturated heterocycles. The van der Waals surface area contributed by atoms with E-state index in [1.807, 2.05) is 26.8 Å². The molecule has 0 spiro atoms. The van der Waals surface area contributed by atoms with Gasteiger partial charge in [0.25, 0.3) is 0 Å². The minimum Gasteiger partial charge on any atom is -0.466 e. The number of rotatable bonds is 5. The predicted octanol–water partition coefficient (Wildman–Crippen LogP) is 3.37. The number of nitriles is 1. The van der Waals surface area contributed by atoms with Gasteiger partial charge in [-0.15, -0.1) is 0 Å². The maximum Gasteiger partial charge on any atom is 0.188 e. The number of hydrogen-bond donors (Lipinski definition) is 0. The summed E-state index contributed by atoms with van der Waals surface area (Å²) >= 11 is 0. The summed E-state index contributed by atoms with van der Waals surface area (Å²) in [6.45, 7) is 6.02. The molecule has 0 N–H and O–H groups in total. The number of nitrogens with zero attached hydrogens (tertiary/aromatic N) is 1. The van der Waals surface area contributed by atoms with Crippen LogP contribution in [0.1, 0.15) is 38.3 Å². The first-order chi connectivity index (χ1) is 8.46. The Labute approximate surface area is 107 Å². The molecule has 98 valence electrons. The second-order valence-corrected chi connectivity index (χ2v) is 4.73. The van der Waals surface area contributed by atoms with Gasteiger partial charge in [0.15, 0.2) is 6.79 Å². The largest absolute Gasteiger partial charge is 0.466 e. The molecule has 0 bridgehead atoms. The van der Waals surface area contributed by atoms with E-state index in [1.54, 1.807) is 0 Å². The quantitative estimate of drug-likeness (QED) is 0.753. The van der Waals surface area contributed by atoms with Crippen LogP contribution in [-0.4, -0.2) is 13.9 Å². The van der Waals surface area contributed by atoms with Gasteiger partial charge in [-0.05, 0) is 24.0 Å². The van der Waals surface area contributed by atoms with Gasteiger partial charge >= 0.3 is 0 Å². The maximum atomic E-state index is 13.5. The van der Waals surface area contributed by atoms with Gasteiger partial charge in [-0.2, -0.15) is 5.26 Å². The first-order valence-corrected chi connectivity index (χ1v) is 5.82. The molecular formula is C14H18FNO2. The van der Waals surface area contributed by atoms with Gasteiger partial charge in [-0.25, -0.2) is 4.39 Å². The number of halogens is 1. The molecular weight excluding hydrogens is 233 g/mol. The van der Waals surface area contributed by atoms with Crippen molar-refractivity contribution in [1.82, 2.24) is 0 Å². The van der Waals surface area contributed by atoms with Crippen molar-refractivity contribution in [2.45, 2.75) is 32.6 Å². The van der Waals surface area contributed by atoms with Crippen LogP contribution in [0.25, 0.3) is 0 Å². The summed E-state index contributed by atoms with van der Waals surface area (Å²) in [5.74, 6) is -0.0135. The van der Waals surface area contributed by atoms with Gasteiger partial charge in [0, 0.05) is 12.7 Å². The Hall–Kier alpha value is -1.60. The van der Waals surface area contributed by atoms with Gasteiger partial charge in [-0.3, -0.25) is 0 Å². The second-order valence-electron chi connectivity index (χ2n) is 4.73. The van der Waals surface area contributed by atoms with Crippen molar-refractivity contribution in [3.05, 3.63) is 29.1 Å². The molecule has 0 saturated carbocycles. The molecule has 0 aliphatic heterocycles. The monoisotopic (exact) mass is 251 g/mol. The van der Waals surface area contributed by atoms with Crippen molar-refractivity contribution in [3.63, 3.8) is 0 Å². The molecule has 0 atom stereocenters. The molecule has 4 heteroatoms. The smallest absolute Gasteiger partial charge is 0.188 e. The molecule has 0 amide bonds. The van der Waals surface area contributed by atoms with E-state index in [1.165, 1.54) is 19.2 Å². The van der Waals surface area contributed by atoms with Crippen molar-refractivity contribution in [2.24, 2.45) is 0 Å². The molecule has 1 rings (SSSR count). The summed E-state index contributed by atoms with van der Waals surface area (Å²) in [7, 11) is 1.50. The Kier molecular flexibility index (Phi) is 4.69. The standard InChI is InChI=1S/C14H18FNO2/c1-5-14(2,3)12-7-11(15)6-10(8-16)13(12)18-9-17-4/h6-7H,5,9H2,1-4H3. The maximum absolute atomic E-state index is 13.5. The fourth-order valence-corrected chi connectivity index (χ4v) is 1.64. The highest BCUT2D eigenvalue weighted by Gasteiger charge is 2.25. The third-order valence-corrected chi connectivity index (χ3v) is 3.11. The lowest BCUT2D eigenvalue weighted by Crippen LogP contribution is -2.19. The Bertz CT molecular complexity index is 464. The zero-order valence-electron chi connectivity index (χ0n) is 11.2. The molecule has 18 heavy (non-hydrogen) atoms. The van der Waals surface area contributed by atoms with Crippen molar-refractivity contribution in [1.29, 1.82) is 5.26 Å². The van der Waals surface area contributed by atoms with E-state index >= 15 is 0 Å². The average molecular weight is 251 g/mol. The zero-order chi connectivity index (χ0) is 13.8. The zero-order valence-corrected chi connectivity index (χ0v) is 11.2. The lowest BCUT2D eigenvalue weighted by Gasteiger charge is -2.26. The van der Waals surface area contributed by atoms with Crippen LogP contribution < -0.4 is 4.74 Å². The molecule has 0 heterocycles. The summed E-state index contributed by atoms with van der Waals surface area (Å²) in [4.78, 5) is 0. The van der Waals surface area contributed by atoms with E-state index in [0.29, 0.717) is 11.3 Å². The molecule has 0 aliphatic rings. The van der Waals surface area contributed by atoms with Gasteiger partial charge < -0.3 is 9.47 Å². The summed E-state index contributed by atoms with van der Waals surface area (Å²) in [6, 6.07) is 4.57. The van der Waals surface area contributed by atoms with Gasteiger partial charge in [-0.1, -0.05) is 20.8 Å². The normalized spacial score (nSPS) is 11.1. The van der Waals surface area contributed by atoms with E-state index in [0.717, 1.165) is 6.42 Å². The van der Waals surface area contributed by atoms with Crippen LogP contribution in [0.4, 0.5) is 4.39 Å². The van der Waals surface area contributed by atoms with Crippen LogP contribution in [0, 0.1) is 17.1 Å². The van der Waals surface area contributed by atoms with Crippen molar-refractivity contribution in [3.8, 4) is 11.8 Å². The lowest BCUT2D eigenvalue weighted by atomic mass is 9.81. The highest BCUT2D eigenvalue weighted by molar-refractivity contribution is 5.51. The average Bonchev–Trinajstić information content (AvgIpc) is 2.36. The fraction of sp³-hybridized carbons (Fsp3) is 0.500. The Balaban J connectivity index is 3.38. The van der Waals surface area contributed by atoms with Gasteiger partial charge in [0.1, 0.15) is 17.6 Å². The molecule has 1 aromatic rings. The SMILES string of the molecule is CCC(C)(C)c1cc(F)cc(C#N)c1OCOC. The molecule has 1 aromatic carbocycles. The number of benzene rings is 1. The van der Waals surface area contributed by atoms with Crippen molar-refractivity contribution >= 4 is 0 Å².